The van der Waals surface area contributed by atoms with E-state index >= 15 is 0 Å². The Bertz CT molecular complexity index is 1390. The molecule has 1 aliphatic rings. The second-order valence-electron chi connectivity index (χ2n) is 9.70. The Morgan fingerprint density at radius 1 is 1.17 bits per heavy atom. The van der Waals surface area contributed by atoms with Gasteiger partial charge < -0.3 is 14.6 Å². The van der Waals surface area contributed by atoms with Crippen LogP contribution in [-0.2, 0) is 19.4 Å². The van der Waals surface area contributed by atoms with Gasteiger partial charge in [0.25, 0.3) is 0 Å². The van der Waals surface area contributed by atoms with E-state index in [4.69, 9.17) is 4.74 Å². The van der Waals surface area contributed by atoms with Gasteiger partial charge in [-0.25, -0.2) is 13.4 Å². The maximum Gasteiger partial charge on any atom is 0.573 e. The molecule has 7 nitrogen and oxygen atoms in total. The smallest absolute Gasteiger partial charge is 0.480 e. The van der Waals surface area contributed by atoms with Gasteiger partial charge in [-0.15, -0.1) is 24.5 Å². The van der Waals surface area contributed by atoms with Crippen LogP contribution in [0.3, 0.4) is 0 Å². The molecule has 2 unspecified atom stereocenters. The highest BCUT2D eigenvalue weighted by Gasteiger charge is 2.56. The van der Waals surface area contributed by atoms with Gasteiger partial charge in [0.05, 0.1) is 21.2 Å². The normalized spacial score (nSPS) is 21.4. The molecule has 0 aliphatic carbocycles. The highest BCUT2D eigenvalue weighted by molar-refractivity contribution is 7.93. The minimum absolute atomic E-state index is 0.00840. The molecule has 4 rings (SSSR count). The van der Waals surface area contributed by atoms with Crippen molar-refractivity contribution in [3.63, 3.8) is 0 Å². The van der Waals surface area contributed by atoms with Crippen LogP contribution in [0.2, 0.25) is 0 Å². The number of aliphatic carboxylic acids is 1. The van der Waals surface area contributed by atoms with Crippen LogP contribution >= 0.6 is 11.3 Å². The first-order valence-corrected chi connectivity index (χ1v) is 13.3. The average Bonchev–Trinajstić information content (AvgIpc) is 3.21. The summed E-state index contributed by atoms with van der Waals surface area (Å²) in [7, 11) is -4.31. The van der Waals surface area contributed by atoms with Crippen LogP contribution < -0.4 is 4.74 Å². The van der Waals surface area contributed by atoms with Gasteiger partial charge in [0.15, 0.2) is 14.6 Å². The van der Waals surface area contributed by atoms with E-state index in [-0.39, 0.29) is 30.1 Å². The van der Waals surface area contributed by atoms with Crippen molar-refractivity contribution in [3.8, 4) is 16.3 Å². The number of carboxylic acids is 1. The number of hydrogen-bond acceptors (Lipinski definition) is 7. The zero-order valence-corrected chi connectivity index (χ0v) is 21.3. The summed E-state index contributed by atoms with van der Waals surface area (Å²) in [6, 6.07) is 9.41. The first kappa shape index (κ1) is 26.4. The minimum Gasteiger partial charge on any atom is -0.480 e. The van der Waals surface area contributed by atoms with E-state index in [1.807, 2.05) is 20.8 Å². The molecule has 0 bridgehead atoms. The first-order valence-electron chi connectivity index (χ1n) is 11.0. The molecule has 1 aliphatic heterocycles. The molecule has 2 heterocycles. The van der Waals surface area contributed by atoms with Crippen LogP contribution in [0, 0.1) is 5.41 Å². The van der Waals surface area contributed by atoms with Crippen molar-refractivity contribution < 1.29 is 41.0 Å². The Morgan fingerprint density at radius 2 is 1.83 bits per heavy atom. The number of fused-ring (bicyclic) bond motifs is 1. The van der Waals surface area contributed by atoms with Gasteiger partial charge in [-0.05, 0) is 47.9 Å². The lowest BCUT2D eigenvalue weighted by molar-refractivity contribution is -0.274. The summed E-state index contributed by atoms with van der Waals surface area (Å²) in [6.45, 7) is 5.62. The second kappa shape index (κ2) is 9.00. The Morgan fingerprint density at radius 3 is 2.42 bits per heavy atom. The molecule has 1 N–H and O–H groups in total. The number of halogens is 3. The standard InChI is InChI=1S/C24H24F3NO6S2/c1-22(2,3)19-13-23(21(29)30,10-11-33-19)36(31,32)16-8-9-17-18(12-16)35-20(28-17)14-4-6-15(7-5-14)34-24(25,26)27/h4-9,12,19H,10-11,13H2,1-3H3,(H,29,30). The summed E-state index contributed by atoms with van der Waals surface area (Å²) in [5, 5.41) is 10.6. The molecule has 3 aromatic rings. The molecule has 2 atom stereocenters. The van der Waals surface area contributed by atoms with Gasteiger partial charge in [0, 0.05) is 25.0 Å². The fourth-order valence-corrected chi connectivity index (χ4v) is 7.17. The van der Waals surface area contributed by atoms with E-state index in [9.17, 15) is 31.5 Å². The third-order valence-corrected chi connectivity index (χ3v) is 9.73. The molecule has 1 saturated heterocycles. The first-order chi connectivity index (χ1) is 16.6. The predicted octanol–water partition coefficient (Wildman–Crippen LogP) is 5.68. The zero-order chi connectivity index (χ0) is 26.5. The average molecular weight is 544 g/mol. The molecule has 12 heteroatoms. The van der Waals surface area contributed by atoms with E-state index < -0.39 is 38.4 Å². The number of sulfone groups is 1. The zero-order valence-electron chi connectivity index (χ0n) is 19.6. The maximum absolute atomic E-state index is 13.7. The van der Waals surface area contributed by atoms with Crippen LogP contribution in [0.15, 0.2) is 47.4 Å². The molecule has 2 aromatic carbocycles. The summed E-state index contributed by atoms with van der Waals surface area (Å²) in [6.07, 6.45) is -5.70. The van der Waals surface area contributed by atoms with Gasteiger partial charge in [0.2, 0.25) is 0 Å². The second-order valence-corrected chi connectivity index (χ2v) is 13.0. The third-order valence-electron chi connectivity index (χ3n) is 6.22. The fourth-order valence-electron chi connectivity index (χ4n) is 4.16. The van der Waals surface area contributed by atoms with Crippen LogP contribution in [-0.4, -0.2) is 48.3 Å². The molecule has 1 aromatic heterocycles. The monoisotopic (exact) mass is 543 g/mol. The number of aromatic nitrogens is 1. The lowest BCUT2D eigenvalue weighted by atomic mass is 9.80. The number of rotatable bonds is 5. The number of benzene rings is 2. The van der Waals surface area contributed by atoms with Gasteiger partial charge in [-0.1, -0.05) is 20.8 Å². The molecule has 0 spiro atoms. The lowest BCUT2D eigenvalue weighted by Crippen LogP contribution is -2.55. The lowest BCUT2D eigenvalue weighted by Gasteiger charge is -2.42. The fraction of sp³-hybridized carbons (Fsp3) is 0.417. The molecule has 1 fully saturated rings. The number of ether oxygens (including phenoxy) is 2. The van der Waals surface area contributed by atoms with Crippen LogP contribution in [0.1, 0.15) is 33.6 Å². The van der Waals surface area contributed by atoms with E-state index in [0.717, 1.165) is 23.5 Å². The SMILES string of the molecule is CC(C)(C)C1CC(C(=O)O)(S(=O)(=O)c2ccc3nc(-c4ccc(OC(F)(F)F)cc4)sc3c2)CCO1. The van der Waals surface area contributed by atoms with E-state index in [2.05, 4.69) is 9.72 Å². The van der Waals surface area contributed by atoms with Crippen LogP contribution in [0.5, 0.6) is 5.75 Å². The maximum atomic E-state index is 13.7. The molecule has 36 heavy (non-hydrogen) atoms. The van der Waals surface area contributed by atoms with Crippen molar-refractivity contribution in [2.45, 2.75) is 55.7 Å². The van der Waals surface area contributed by atoms with Crippen LogP contribution in [0.25, 0.3) is 20.8 Å². The molecular weight excluding hydrogens is 519 g/mol. The molecule has 0 amide bonds. The Hall–Kier alpha value is -2.70. The van der Waals surface area contributed by atoms with E-state index in [1.165, 1.54) is 30.3 Å². The summed E-state index contributed by atoms with van der Waals surface area (Å²) >= 11 is 1.15. The van der Waals surface area contributed by atoms with Gasteiger partial charge in [-0.2, -0.15) is 0 Å². The third kappa shape index (κ3) is 4.94. The number of carbonyl (C=O) groups is 1. The Labute approximate surface area is 209 Å². The minimum atomic E-state index is -4.80. The number of hydrogen-bond donors (Lipinski definition) is 1. The number of alkyl halides is 3. The van der Waals surface area contributed by atoms with Crippen molar-refractivity contribution in [2.75, 3.05) is 6.61 Å². The highest BCUT2D eigenvalue weighted by Crippen LogP contribution is 2.43. The van der Waals surface area contributed by atoms with Crippen molar-refractivity contribution in [1.29, 1.82) is 0 Å². The van der Waals surface area contributed by atoms with Crippen molar-refractivity contribution in [3.05, 3.63) is 42.5 Å². The van der Waals surface area contributed by atoms with Crippen LogP contribution in [0.4, 0.5) is 13.2 Å². The summed E-state index contributed by atoms with van der Waals surface area (Å²) in [5.74, 6) is -1.78. The molecular formula is C24H24F3NO6S2. The Balaban J connectivity index is 1.69. The quantitative estimate of drug-likeness (QED) is 0.441. The van der Waals surface area contributed by atoms with Gasteiger partial charge >= 0.3 is 12.3 Å². The van der Waals surface area contributed by atoms with Gasteiger partial charge in [-0.3, -0.25) is 4.79 Å². The number of thiazole rings is 1. The topological polar surface area (TPSA) is 103 Å². The van der Waals surface area contributed by atoms with Crippen molar-refractivity contribution in [2.24, 2.45) is 5.41 Å². The van der Waals surface area contributed by atoms with Crippen molar-refractivity contribution >= 4 is 37.4 Å². The summed E-state index contributed by atoms with van der Waals surface area (Å²) < 4.78 is 72.8. The molecule has 194 valence electrons. The molecule has 0 saturated carbocycles. The summed E-state index contributed by atoms with van der Waals surface area (Å²) in [4.78, 5) is 16.7. The van der Waals surface area contributed by atoms with E-state index in [0.29, 0.717) is 20.8 Å². The van der Waals surface area contributed by atoms with Gasteiger partial charge in [0.1, 0.15) is 10.8 Å². The number of nitrogens with zero attached hydrogens (tertiary/aromatic N) is 1. The largest absolute Gasteiger partial charge is 0.573 e. The molecule has 0 radical (unpaired) electrons. The predicted molar refractivity (Wildman–Crippen MR) is 128 cm³/mol. The highest BCUT2D eigenvalue weighted by atomic mass is 32.2. The van der Waals surface area contributed by atoms with E-state index in [1.54, 1.807) is 0 Å². The summed E-state index contributed by atoms with van der Waals surface area (Å²) in [5.41, 5.74) is 0.552. The number of carboxylic acid groups (broad SMARTS) is 1. The Kier molecular flexibility index (Phi) is 6.59. The van der Waals surface area contributed by atoms with Crippen molar-refractivity contribution in [1.82, 2.24) is 4.98 Å².